The van der Waals surface area contributed by atoms with Gasteiger partial charge in [-0.2, -0.15) is 4.31 Å². The van der Waals surface area contributed by atoms with Crippen molar-refractivity contribution < 1.29 is 17.5 Å². The number of halogens is 1. The molecule has 25 heavy (non-hydrogen) atoms. The summed E-state index contributed by atoms with van der Waals surface area (Å²) in [5.74, 6) is -0.457. The Labute approximate surface area is 147 Å². The molecule has 0 N–H and O–H groups in total. The van der Waals surface area contributed by atoms with Crippen LogP contribution >= 0.6 is 0 Å². The van der Waals surface area contributed by atoms with Crippen molar-refractivity contribution in [3.63, 3.8) is 0 Å². The first-order valence-corrected chi connectivity index (χ1v) is 9.72. The van der Waals surface area contributed by atoms with Gasteiger partial charge >= 0.3 is 0 Å². The summed E-state index contributed by atoms with van der Waals surface area (Å²) < 4.78 is 48.0. The molecule has 0 amide bonds. The van der Waals surface area contributed by atoms with Gasteiger partial charge in [-0.25, -0.2) is 17.8 Å². The molecule has 2 heterocycles. The van der Waals surface area contributed by atoms with E-state index in [1.165, 1.54) is 16.4 Å². The molecule has 136 valence electrons. The van der Waals surface area contributed by atoms with E-state index in [2.05, 4.69) is 4.98 Å². The standard InChI is InChI=1S/C17H22FN3O3S/c1-13(2)24-11-16-17-10-21(9-3-8-20(17)12-19-16)25(22,23)15-6-4-14(18)5-7-15/h4-7,12-13H,3,8-11H2,1-2H3. The Kier molecular flexibility index (Phi) is 5.21. The summed E-state index contributed by atoms with van der Waals surface area (Å²) in [5.41, 5.74) is 1.61. The van der Waals surface area contributed by atoms with E-state index >= 15 is 0 Å². The maximum atomic E-state index is 13.1. The molecular weight excluding hydrogens is 345 g/mol. The van der Waals surface area contributed by atoms with Crippen molar-refractivity contribution in [3.05, 3.63) is 47.8 Å². The van der Waals surface area contributed by atoms with Gasteiger partial charge in [-0.15, -0.1) is 0 Å². The van der Waals surface area contributed by atoms with Crippen molar-refractivity contribution in [1.29, 1.82) is 0 Å². The fourth-order valence-corrected chi connectivity index (χ4v) is 4.25. The second-order valence-corrected chi connectivity index (χ2v) is 8.28. The first-order valence-electron chi connectivity index (χ1n) is 8.28. The topological polar surface area (TPSA) is 64.4 Å². The number of fused-ring (bicyclic) bond motifs is 1. The lowest BCUT2D eigenvalue weighted by Gasteiger charge is -2.20. The lowest BCUT2D eigenvalue weighted by molar-refractivity contribution is 0.0631. The molecule has 0 radical (unpaired) electrons. The highest BCUT2D eigenvalue weighted by Crippen LogP contribution is 2.23. The number of hydrogen-bond donors (Lipinski definition) is 0. The minimum atomic E-state index is -3.69. The quantitative estimate of drug-likeness (QED) is 0.815. The lowest BCUT2D eigenvalue weighted by Crippen LogP contribution is -2.31. The van der Waals surface area contributed by atoms with E-state index in [4.69, 9.17) is 4.74 Å². The second kappa shape index (κ2) is 7.23. The summed E-state index contributed by atoms with van der Waals surface area (Å²) in [6, 6.07) is 4.93. The second-order valence-electron chi connectivity index (χ2n) is 6.34. The van der Waals surface area contributed by atoms with Crippen LogP contribution in [0, 0.1) is 5.82 Å². The number of rotatable bonds is 5. The van der Waals surface area contributed by atoms with Crippen LogP contribution in [0.5, 0.6) is 0 Å². The van der Waals surface area contributed by atoms with Crippen molar-refractivity contribution in [1.82, 2.24) is 13.9 Å². The number of nitrogens with zero attached hydrogens (tertiary/aromatic N) is 3. The van der Waals surface area contributed by atoms with Gasteiger partial charge in [0.05, 0.1) is 41.9 Å². The summed E-state index contributed by atoms with van der Waals surface area (Å²) in [6.45, 7) is 5.59. The molecule has 1 aliphatic heterocycles. The summed E-state index contributed by atoms with van der Waals surface area (Å²) in [4.78, 5) is 4.48. The molecule has 0 bridgehead atoms. The van der Waals surface area contributed by atoms with Gasteiger partial charge in [0.15, 0.2) is 0 Å². The minimum absolute atomic E-state index is 0.0715. The molecule has 0 atom stereocenters. The van der Waals surface area contributed by atoms with Gasteiger partial charge in [0.2, 0.25) is 10.0 Å². The van der Waals surface area contributed by atoms with Crippen LogP contribution in [0.3, 0.4) is 0 Å². The van der Waals surface area contributed by atoms with Crippen molar-refractivity contribution in [2.45, 2.75) is 51.0 Å². The first-order chi connectivity index (χ1) is 11.9. The number of aromatic nitrogens is 2. The minimum Gasteiger partial charge on any atom is -0.372 e. The van der Waals surface area contributed by atoms with Gasteiger partial charge in [0.1, 0.15) is 5.82 Å². The Balaban J connectivity index is 1.87. The molecule has 0 aliphatic carbocycles. The maximum Gasteiger partial charge on any atom is 0.243 e. The Morgan fingerprint density at radius 2 is 1.96 bits per heavy atom. The van der Waals surface area contributed by atoms with Crippen LogP contribution in [-0.2, 0) is 34.5 Å². The predicted octanol–water partition coefficient (Wildman–Crippen LogP) is 2.54. The average Bonchev–Trinajstić information content (AvgIpc) is 2.81. The third-order valence-corrected chi connectivity index (χ3v) is 6.03. The zero-order valence-corrected chi connectivity index (χ0v) is 15.2. The number of hydrogen-bond acceptors (Lipinski definition) is 4. The smallest absolute Gasteiger partial charge is 0.243 e. The van der Waals surface area contributed by atoms with E-state index in [-0.39, 0.29) is 17.5 Å². The largest absolute Gasteiger partial charge is 0.372 e. The Hall–Kier alpha value is -1.77. The Morgan fingerprint density at radius 3 is 2.64 bits per heavy atom. The summed E-state index contributed by atoms with van der Waals surface area (Å²) >= 11 is 0. The highest BCUT2D eigenvalue weighted by Gasteiger charge is 2.28. The molecule has 1 aliphatic rings. The normalized spacial score (nSPS) is 16.0. The molecular formula is C17H22FN3O3S. The fourth-order valence-electron chi connectivity index (χ4n) is 2.81. The van der Waals surface area contributed by atoms with Crippen LogP contribution in [0.4, 0.5) is 4.39 Å². The predicted molar refractivity (Wildman–Crippen MR) is 90.8 cm³/mol. The molecule has 1 aromatic heterocycles. The summed E-state index contributed by atoms with van der Waals surface area (Å²) in [7, 11) is -3.69. The molecule has 1 aromatic carbocycles. The molecule has 0 unspecified atom stereocenters. The summed E-state index contributed by atoms with van der Waals surface area (Å²) in [6.07, 6.45) is 2.50. The third kappa shape index (κ3) is 3.91. The van der Waals surface area contributed by atoms with Crippen molar-refractivity contribution >= 4 is 10.0 Å². The van der Waals surface area contributed by atoms with E-state index < -0.39 is 15.8 Å². The zero-order valence-electron chi connectivity index (χ0n) is 14.4. The third-order valence-electron chi connectivity index (χ3n) is 4.17. The number of aryl methyl sites for hydroxylation is 1. The van der Waals surface area contributed by atoms with E-state index in [0.717, 1.165) is 23.5 Å². The number of benzene rings is 1. The highest BCUT2D eigenvalue weighted by molar-refractivity contribution is 7.89. The van der Waals surface area contributed by atoms with Crippen molar-refractivity contribution in [2.75, 3.05) is 6.54 Å². The van der Waals surface area contributed by atoms with E-state index in [1.807, 2.05) is 18.4 Å². The molecule has 0 saturated heterocycles. The van der Waals surface area contributed by atoms with Gasteiger partial charge in [-0.3, -0.25) is 0 Å². The SMILES string of the molecule is CC(C)OCc1ncn2c1CN(S(=O)(=O)c1ccc(F)cc1)CCC2. The number of imidazole rings is 1. The van der Waals surface area contributed by atoms with Crippen molar-refractivity contribution in [3.8, 4) is 0 Å². The van der Waals surface area contributed by atoms with Gasteiger partial charge in [-0.1, -0.05) is 0 Å². The molecule has 0 spiro atoms. The number of sulfonamides is 1. The fraction of sp³-hybridized carbons (Fsp3) is 0.471. The van der Waals surface area contributed by atoms with Crippen LogP contribution in [0.15, 0.2) is 35.5 Å². The Bertz CT molecular complexity index is 831. The monoisotopic (exact) mass is 367 g/mol. The lowest BCUT2D eigenvalue weighted by atomic mass is 10.3. The van der Waals surface area contributed by atoms with E-state index in [0.29, 0.717) is 26.1 Å². The molecule has 0 saturated carbocycles. The van der Waals surface area contributed by atoms with E-state index in [9.17, 15) is 12.8 Å². The summed E-state index contributed by atoms with van der Waals surface area (Å²) in [5, 5.41) is 0. The molecule has 3 rings (SSSR count). The number of ether oxygens (including phenoxy) is 1. The molecule has 0 fully saturated rings. The van der Waals surface area contributed by atoms with Gasteiger partial charge in [0.25, 0.3) is 0 Å². The molecule has 8 heteroatoms. The van der Waals surface area contributed by atoms with Crippen LogP contribution < -0.4 is 0 Å². The van der Waals surface area contributed by atoms with Gasteiger partial charge in [0, 0.05) is 13.1 Å². The van der Waals surface area contributed by atoms with E-state index in [1.54, 1.807) is 6.33 Å². The molecule has 6 nitrogen and oxygen atoms in total. The van der Waals surface area contributed by atoms with Crippen molar-refractivity contribution in [2.24, 2.45) is 0 Å². The first kappa shape index (κ1) is 18.0. The Morgan fingerprint density at radius 1 is 1.24 bits per heavy atom. The van der Waals surface area contributed by atoms with Gasteiger partial charge in [-0.05, 0) is 44.5 Å². The average molecular weight is 367 g/mol. The molecule has 2 aromatic rings. The van der Waals surface area contributed by atoms with Crippen LogP contribution in [-0.4, -0.2) is 34.9 Å². The maximum absolute atomic E-state index is 13.1. The van der Waals surface area contributed by atoms with Crippen LogP contribution in [0.25, 0.3) is 0 Å². The zero-order chi connectivity index (χ0) is 18.0. The van der Waals surface area contributed by atoms with Gasteiger partial charge < -0.3 is 9.30 Å². The highest BCUT2D eigenvalue weighted by atomic mass is 32.2. The van der Waals surface area contributed by atoms with Crippen LogP contribution in [0.2, 0.25) is 0 Å². The van der Waals surface area contributed by atoms with Crippen LogP contribution in [0.1, 0.15) is 31.7 Å².